The summed E-state index contributed by atoms with van der Waals surface area (Å²) in [6, 6.07) is 19.1. The number of hydrogen-bond donors (Lipinski definition) is 2. The summed E-state index contributed by atoms with van der Waals surface area (Å²) in [5.74, 6) is 1.21. The minimum absolute atomic E-state index is 0.194. The lowest BCUT2D eigenvalue weighted by Gasteiger charge is -2.27. The van der Waals surface area contributed by atoms with Crippen molar-refractivity contribution >= 4 is 52.2 Å². The zero-order valence-corrected chi connectivity index (χ0v) is 21.0. The first-order valence-corrected chi connectivity index (χ1v) is 13.0. The van der Waals surface area contributed by atoms with E-state index in [4.69, 9.17) is 21.7 Å². The van der Waals surface area contributed by atoms with Gasteiger partial charge in [0, 0.05) is 27.0 Å². The second-order valence-corrected chi connectivity index (χ2v) is 10.3. The smallest absolute Gasteiger partial charge is 0.255 e. The van der Waals surface area contributed by atoms with E-state index in [1.807, 2.05) is 29.1 Å². The van der Waals surface area contributed by atoms with Gasteiger partial charge in [0.05, 0.1) is 5.57 Å². The first-order valence-electron chi connectivity index (χ1n) is 10.7. The maximum Gasteiger partial charge on any atom is 0.255 e. The number of fused-ring (bicyclic) bond motifs is 1. The molecule has 1 aliphatic heterocycles. The molecule has 1 amide bonds. The van der Waals surface area contributed by atoms with Crippen LogP contribution < -0.4 is 10.6 Å². The van der Waals surface area contributed by atoms with Gasteiger partial charge in [0.1, 0.15) is 6.04 Å². The first kappa shape index (κ1) is 22.7. The Kier molecular flexibility index (Phi) is 6.45. The highest BCUT2D eigenvalue weighted by Gasteiger charge is 2.35. The third-order valence-corrected chi connectivity index (χ3v) is 7.53. The fourth-order valence-corrected chi connectivity index (χ4v) is 5.59. The van der Waals surface area contributed by atoms with Crippen LogP contribution in [0.25, 0.3) is 0 Å². The summed E-state index contributed by atoms with van der Waals surface area (Å²) in [6.07, 6.45) is 0. The van der Waals surface area contributed by atoms with Gasteiger partial charge in [0.25, 0.3) is 5.91 Å². The highest BCUT2D eigenvalue weighted by atomic mass is 35.5. The molecule has 34 heavy (non-hydrogen) atoms. The lowest BCUT2D eigenvalue weighted by Crippen LogP contribution is -2.31. The normalized spacial score (nSPS) is 15.1. The highest BCUT2D eigenvalue weighted by molar-refractivity contribution is 7.98. The average Bonchev–Trinajstić information content (AvgIpc) is 3.48. The van der Waals surface area contributed by atoms with Gasteiger partial charge in [-0.05, 0) is 55.1 Å². The summed E-state index contributed by atoms with van der Waals surface area (Å²) in [5.41, 5.74) is 4.48. The Hall–Kier alpha value is -3.07. The number of anilines is 2. The van der Waals surface area contributed by atoms with Crippen LogP contribution in [0.2, 0.25) is 5.02 Å². The number of allylic oxidation sites excluding steroid dienone is 1. The molecule has 0 aliphatic carbocycles. The van der Waals surface area contributed by atoms with Gasteiger partial charge >= 0.3 is 0 Å². The van der Waals surface area contributed by atoms with Gasteiger partial charge in [-0.25, -0.2) is 4.68 Å². The highest BCUT2D eigenvalue weighted by Crippen LogP contribution is 2.38. The molecule has 0 saturated carbocycles. The number of thiophene rings is 1. The zero-order chi connectivity index (χ0) is 23.7. The van der Waals surface area contributed by atoms with Gasteiger partial charge in [-0.1, -0.05) is 59.3 Å². The van der Waals surface area contributed by atoms with Crippen molar-refractivity contribution in [2.24, 2.45) is 0 Å². The molecule has 0 bridgehead atoms. The molecule has 2 aromatic heterocycles. The van der Waals surface area contributed by atoms with Crippen LogP contribution in [0.1, 0.15) is 29.0 Å². The van der Waals surface area contributed by atoms with E-state index in [1.54, 1.807) is 47.4 Å². The molecule has 172 valence electrons. The zero-order valence-electron chi connectivity index (χ0n) is 18.6. The summed E-state index contributed by atoms with van der Waals surface area (Å²) in [4.78, 5) is 19.2. The molecule has 0 saturated heterocycles. The summed E-state index contributed by atoms with van der Waals surface area (Å²) >= 11 is 9.16. The van der Waals surface area contributed by atoms with Crippen molar-refractivity contribution in [1.29, 1.82) is 0 Å². The quantitative estimate of drug-likeness (QED) is 0.291. The van der Waals surface area contributed by atoms with E-state index in [9.17, 15) is 4.79 Å². The summed E-state index contributed by atoms with van der Waals surface area (Å²) in [5, 5.41) is 14.4. The predicted octanol–water partition coefficient (Wildman–Crippen LogP) is 6.52. The molecule has 0 fully saturated rings. The van der Waals surface area contributed by atoms with Crippen LogP contribution in [0.4, 0.5) is 11.6 Å². The molecule has 0 spiro atoms. The number of halogens is 1. The monoisotopic (exact) mass is 507 g/mol. The van der Waals surface area contributed by atoms with Crippen molar-refractivity contribution in [2.45, 2.75) is 30.8 Å². The number of carbonyl (C=O) groups is 1. The number of nitrogens with one attached hydrogen (secondary N) is 2. The average molecular weight is 508 g/mol. The molecule has 1 atom stereocenters. The van der Waals surface area contributed by atoms with E-state index in [2.05, 4.69) is 41.8 Å². The molecule has 2 N–H and O–H groups in total. The Morgan fingerprint density at radius 2 is 2.00 bits per heavy atom. The Balaban J connectivity index is 1.44. The van der Waals surface area contributed by atoms with E-state index in [0.717, 1.165) is 16.3 Å². The van der Waals surface area contributed by atoms with Crippen molar-refractivity contribution in [1.82, 2.24) is 14.8 Å². The van der Waals surface area contributed by atoms with Crippen LogP contribution in [-0.4, -0.2) is 20.7 Å². The molecule has 1 unspecified atom stereocenters. The molecule has 3 heterocycles. The van der Waals surface area contributed by atoms with Gasteiger partial charge in [0.15, 0.2) is 0 Å². The van der Waals surface area contributed by atoms with Crippen LogP contribution in [0.5, 0.6) is 0 Å². The van der Waals surface area contributed by atoms with Crippen LogP contribution >= 0.6 is 34.7 Å². The second-order valence-electron chi connectivity index (χ2n) is 7.98. The lowest BCUT2D eigenvalue weighted by molar-refractivity contribution is -0.113. The molecular weight excluding hydrogens is 486 g/mol. The van der Waals surface area contributed by atoms with Gasteiger partial charge in [-0.15, -0.1) is 16.4 Å². The third-order valence-electron chi connectivity index (χ3n) is 5.44. The summed E-state index contributed by atoms with van der Waals surface area (Å²) < 4.78 is 1.81. The van der Waals surface area contributed by atoms with Crippen molar-refractivity contribution in [3.63, 3.8) is 0 Å². The van der Waals surface area contributed by atoms with Crippen LogP contribution in [0.15, 0.2) is 82.5 Å². The van der Waals surface area contributed by atoms with E-state index in [0.29, 0.717) is 27.4 Å². The minimum Gasteiger partial charge on any atom is -0.328 e. The lowest BCUT2D eigenvalue weighted by atomic mass is 10.0. The third kappa shape index (κ3) is 4.75. The number of amides is 1. The fourth-order valence-electron chi connectivity index (χ4n) is 3.88. The second kappa shape index (κ2) is 9.66. The van der Waals surface area contributed by atoms with Gasteiger partial charge in [-0.2, -0.15) is 4.98 Å². The van der Waals surface area contributed by atoms with Crippen molar-refractivity contribution in [2.75, 3.05) is 10.6 Å². The number of rotatable bonds is 6. The summed E-state index contributed by atoms with van der Waals surface area (Å²) in [6.45, 7) is 3.98. The molecule has 5 rings (SSSR count). The minimum atomic E-state index is -0.371. The maximum atomic E-state index is 13.4. The molecule has 9 heteroatoms. The van der Waals surface area contributed by atoms with Gasteiger partial charge in [0.2, 0.25) is 11.1 Å². The summed E-state index contributed by atoms with van der Waals surface area (Å²) in [7, 11) is 0. The standard InChI is InChI=1S/C25H22ClN5OS2/c1-15-5-3-6-17(13-15)14-34-25-29-24-27-16(2)21(22(31(24)30-25)20-7-4-12-33-20)23(32)28-19-10-8-18(26)9-11-19/h3-13,22H,14H2,1-2H3,(H,28,32)(H,27,29,30). The number of aryl methyl sites for hydroxylation is 1. The topological polar surface area (TPSA) is 71.8 Å². The van der Waals surface area contributed by atoms with Crippen molar-refractivity contribution in [3.8, 4) is 0 Å². The largest absolute Gasteiger partial charge is 0.328 e. The van der Waals surface area contributed by atoms with E-state index >= 15 is 0 Å². The van der Waals surface area contributed by atoms with E-state index in [1.165, 1.54) is 11.1 Å². The Labute approximate surface area is 211 Å². The van der Waals surface area contributed by atoms with Crippen LogP contribution in [0, 0.1) is 6.92 Å². The fraction of sp³-hybridized carbons (Fsp3) is 0.160. The molecular formula is C25H22ClN5OS2. The van der Waals surface area contributed by atoms with Gasteiger partial charge in [-0.3, -0.25) is 4.79 Å². The van der Waals surface area contributed by atoms with Crippen LogP contribution in [-0.2, 0) is 10.5 Å². The number of thioether (sulfide) groups is 1. The van der Waals surface area contributed by atoms with Crippen LogP contribution in [0.3, 0.4) is 0 Å². The molecule has 2 aromatic carbocycles. The molecule has 1 aliphatic rings. The number of aromatic nitrogens is 3. The predicted molar refractivity (Wildman–Crippen MR) is 140 cm³/mol. The Morgan fingerprint density at radius 1 is 1.18 bits per heavy atom. The number of nitrogens with zero attached hydrogens (tertiary/aromatic N) is 3. The maximum absolute atomic E-state index is 13.4. The SMILES string of the molecule is CC1=C(C(=O)Nc2ccc(Cl)cc2)C(c2cccs2)n2nc(SCc3cccc(C)c3)nc2N1. The first-order chi connectivity index (χ1) is 16.5. The van der Waals surface area contributed by atoms with Crippen molar-refractivity contribution < 1.29 is 4.79 Å². The number of carbonyl (C=O) groups excluding carboxylic acids is 1. The van der Waals surface area contributed by atoms with E-state index < -0.39 is 0 Å². The van der Waals surface area contributed by atoms with Gasteiger partial charge < -0.3 is 10.6 Å². The Morgan fingerprint density at radius 3 is 2.74 bits per heavy atom. The number of benzene rings is 2. The molecule has 4 aromatic rings. The van der Waals surface area contributed by atoms with E-state index in [-0.39, 0.29) is 11.9 Å². The Bertz CT molecular complexity index is 1360. The molecule has 0 radical (unpaired) electrons. The van der Waals surface area contributed by atoms with Crippen molar-refractivity contribution in [3.05, 3.63) is 98.3 Å². The molecule has 6 nitrogen and oxygen atoms in total. The number of hydrogen-bond acceptors (Lipinski definition) is 6.